The Morgan fingerprint density at radius 3 is 2.50 bits per heavy atom. The molecule has 0 aliphatic carbocycles. The van der Waals surface area contributed by atoms with Crippen LogP contribution in [-0.2, 0) is 11.3 Å². The number of halogens is 1. The Hall–Kier alpha value is -2.90. The molecule has 0 unspecified atom stereocenters. The smallest absolute Gasteiger partial charge is 0.407 e. The van der Waals surface area contributed by atoms with Crippen molar-refractivity contribution in [1.29, 1.82) is 0 Å². The van der Waals surface area contributed by atoms with E-state index in [1.165, 1.54) is 12.1 Å². The normalized spacial score (nSPS) is 11.3. The molecule has 4 N–H and O–H groups in total. The average molecular weight is 335 g/mol. The van der Waals surface area contributed by atoms with Crippen molar-refractivity contribution in [3.63, 3.8) is 0 Å². The van der Waals surface area contributed by atoms with Crippen molar-refractivity contribution in [2.24, 2.45) is 0 Å². The Kier molecular flexibility index (Phi) is 4.59. The highest BCUT2D eigenvalue weighted by molar-refractivity contribution is 5.77. The van der Waals surface area contributed by atoms with Crippen LogP contribution in [0.2, 0.25) is 0 Å². The van der Waals surface area contributed by atoms with Crippen LogP contribution in [0.5, 0.6) is 0 Å². The molecule has 0 spiro atoms. The SMILES string of the molecule is CC(C)(C)OC(=O)NCc1cccc(Nc2c(N)c(=O)c2=O)c1F. The van der Waals surface area contributed by atoms with Crippen LogP contribution in [0.4, 0.5) is 26.2 Å². The fourth-order valence-corrected chi connectivity index (χ4v) is 1.96. The maximum Gasteiger partial charge on any atom is 0.407 e. The first-order valence-corrected chi connectivity index (χ1v) is 7.20. The molecule has 2 aromatic rings. The fourth-order valence-electron chi connectivity index (χ4n) is 1.96. The molecule has 1 amide bonds. The molecule has 2 rings (SSSR count). The quantitative estimate of drug-likeness (QED) is 0.735. The van der Waals surface area contributed by atoms with Crippen molar-refractivity contribution in [2.45, 2.75) is 32.9 Å². The summed E-state index contributed by atoms with van der Waals surface area (Å²) in [7, 11) is 0. The molecule has 0 atom stereocenters. The summed E-state index contributed by atoms with van der Waals surface area (Å²) in [5, 5.41) is 4.95. The van der Waals surface area contributed by atoms with E-state index in [0.29, 0.717) is 0 Å². The van der Waals surface area contributed by atoms with Crippen molar-refractivity contribution < 1.29 is 13.9 Å². The first-order chi connectivity index (χ1) is 11.1. The van der Waals surface area contributed by atoms with E-state index in [4.69, 9.17) is 10.5 Å². The molecule has 0 radical (unpaired) electrons. The summed E-state index contributed by atoms with van der Waals surface area (Å²) in [5.41, 5.74) is 2.98. The molecule has 0 aliphatic rings. The zero-order valence-corrected chi connectivity index (χ0v) is 13.5. The Bertz CT molecular complexity index is 848. The van der Waals surface area contributed by atoms with Crippen molar-refractivity contribution in [3.8, 4) is 0 Å². The van der Waals surface area contributed by atoms with Crippen LogP contribution in [0.3, 0.4) is 0 Å². The van der Waals surface area contributed by atoms with E-state index in [2.05, 4.69) is 10.6 Å². The highest BCUT2D eigenvalue weighted by Gasteiger charge is 2.20. The highest BCUT2D eigenvalue weighted by Crippen LogP contribution is 2.23. The number of hydrogen-bond donors (Lipinski definition) is 3. The van der Waals surface area contributed by atoms with Gasteiger partial charge in [-0.05, 0) is 26.8 Å². The molecule has 0 bridgehead atoms. The second-order valence-corrected chi connectivity index (χ2v) is 6.21. The first-order valence-electron chi connectivity index (χ1n) is 7.20. The fraction of sp³-hybridized carbons (Fsp3) is 0.312. The summed E-state index contributed by atoms with van der Waals surface area (Å²) in [6, 6.07) is 4.41. The first kappa shape index (κ1) is 17.5. The summed E-state index contributed by atoms with van der Waals surface area (Å²) in [4.78, 5) is 34.1. The average Bonchev–Trinajstić information content (AvgIpc) is 2.50. The number of nitrogen functional groups attached to an aromatic ring is 1. The third kappa shape index (κ3) is 3.70. The van der Waals surface area contributed by atoms with Gasteiger partial charge in [-0.3, -0.25) is 9.59 Å². The third-order valence-corrected chi connectivity index (χ3v) is 3.11. The number of alkyl carbamates (subject to hydrolysis) is 1. The second kappa shape index (κ2) is 6.31. The van der Waals surface area contributed by atoms with Gasteiger partial charge in [0.25, 0.3) is 10.9 Å². The van der Waals surface area contributed by atoms with Crippen LogP contribution >= 0.6 is 0 Å². The van der Waals surface area contributed by atoms with Gasteiger partial charge < -0.3 is 21.1 Å². The molecule has 7 nitrogen and oxygen atoms in total. The third-order valence-electron chi connectivity index (χ3n) is 3.11. The Morgan fingerprint density at radius 2 is 1.92 bits per heavy atom. The molecule has 0 aromatic heterocycles. The van der Waals surface area contributed by atoms with Crippen molar-refractivity contribution >= 4 is 23.2 Å². The minimum atomic E-state index is -0.791. The minimum absolute atomic E-state index is 0.0164. The van der Waals surface area contributed by atoms with Crippen LogP contribution in [0, 0.1) is 5.82 Å². The highest BCUT2D eigenvalue weighted by atomic mass is 19.1. The zero-order valence-electron chi connectivity index (χ0n) is 13.5. The molecule has 2 aromatic carbocycles. The van der Waals surface area contributed by atoms with E-state index in [9.17, 15) is 18.8 Å². The van der Waals surface area contributed by atoms with E-state index in [1.807, 2.05) is 0 Å². The number of hydrogen-bond acceptors (Lipinski definition) is 6. The number of ether oxygens (including phenoxy) is 1. The van der Waals surface area contributed by atoms with E-state index >= 15 is 0 Å². The van der Waals surface area contributed by atoms with Crippen molar-refractivity contribution in [1.82, 2.24) is 5.32 Å². The lowest BCUT2D eigenvalue weighted by Crippen LogP contribution is -2.36. The lowest BCUT2D eigenvalue weighted by Gasteiger charge is -2.20. The van der Waals surface area contributed by atoms with Gasteiger partial charge in [-0.15, -0.1) is 0 Å². The lowest BCUT2D eigenvalue weighted by atomic mass is 10.1. The van der Waals surface area contributed by atoms with Gasteiger partial charge in [-0.2, -0.15) is 0 Å². The van der Waals surface area contributed by atoms with Gasteiger partial charge >= 0.3 is 6.09 Å². The number of nitrogens with one attached hydrogen (secondary N) is 2. The Labute approximate surface area is 137 Å². The molecular weight excluding hydrogens is 317 g/mol. The summed E-state index contributed by atoms with van der Waals surface area (Å²) >= 11 is 0. The zero-order chi connectivity index (χ0) is 18.1. The molecule has 0 saturated heterocycles. The van der Waals surface area contributed by atoms with Gasteiger partial charge in [-0.25, -0.2) is 9.18 Å². The molecule has 0 saturated carbocycles. The number of anilines is 3. The maximum absolute atomic E-state index is 14.4. The molecule has 0 fully saturated rings. The topological polar surface area (TPSA) is 111 Å². The van der Waals surface area contributed by atoms with E-state index in [1.54, 1.807) is 26.8 Å². The number of rotatable bonds is 4. The van der Waals surface area contributed by atoms with Gasteiger partial charge in [0, 0.05) is 12.1 Å². The predicted octanol–water partition coefficient (Wildman–Crippen LogP) is 1.77. The molecule has 128 valence electrons. The summed E-state index contributed by atoms with van der Waals surface area (Å²) in [6.07, 6.45) is -0.674. The van der Waals surface area contributed by atoms with Gasteiger partial charge in [0.05, 0.1) is 5.69 Å². The van der Waals surface area contributed by atoms with Gasteiger partial charge in [-0.1, -0.05) is 12.1 Å². The summed E-state index contributed by atoms with van der Waals surface area (Å²) < 4.78 is 19.5. The number of benzene rings is 1. The maximum atomic E-state index is 14.4. The number of nitrogens with two attached hydrogens (primary N) is 1. The van der Waals surface area contributed by atoms with Crippen LogP contribution in [0.1, 0.15) is 26.3 Å². The van der Waals surface area contributed by atoms with E-state index in [0.717, 1.165) is 0 Å². The van der Waals surface area contributed by atoms with E-state index in [-0.39, 0.29) is 29.2 Å². The summed E-state index contributed by atoms with van der Waals surface area (Å²) in [5.74, 6) is -0.666. The second-order valence-electron chi connectivity index (χ2n) is 6.21. The number of carbonyl (C=O) groups is 1. The molecule has 24 heavy (non-hydrogen) atoms. The molecule has 0 heterocycles. The largest absolute Gasteiger partial charge is 0.444 e. The molecular formula is C16H18FN3O4. The van der Waals surface area contributed by atoms with Crippen LogP contribution in [0.25, 0.3) is 0 Å². The minimum Gasteiger partial charge on any atom is -0.444 e. The van der Waals surface area contributed by atoms with Crippen LogP contribution in [0.15, 0.2) is 27.8 Å². The number of carbonyl (C=O) groups excluding carboxylic acids is 1. The monoisotopic (exact) mass is 335 g/mol. The van der Waals surface area contributed by atoms with Crippen molar-refractivity contribution in [3.05, 3.63) is 50.0 Å². The molecule has 0 aliphatic heterocycles. The Morgan fingerprint density at radius 1 is 1.25 bits per heavy atom. The lowest BCUT2D eigenvalue weighted by molar-refractivity contribution is 0.0523. The van der Waals surface area contributed by atoms with Crippen molar-refractivity contribution in [2.75, 3.05) is 11.1 Å². The van der Waals surface area contributed by atoms with Crippen LogP contribution < -0.4 is 27.2 Å². The van der Waals surface area contributed by atoms with Gasteiger partial charge in [0.1, 0.15) is 17.0 Å². The standard InChI is InChI=1S/C16H18FN3O4/c1-16(2,3)24-15(23)19-7-8-5-4-6-9(10(8)17)20-12-11(18)13(21)14(12)22/h4-6,20H,7,18H2,1-3H3,(H,19,23). The Balaban J connectivity index is 2.10. The van der Waals surface area contributed by atoms with Crippen LogP contribution in [-0.4, -0.2) is 11.7 Å². The van der Waals surface area contributed by atoms with Gasteiger partial charge in [0.15, 0.2) is 5.82 Å². The van der Waals surface area contributed by atoms with E-state index < -0.39 is 28.4 Å². The summed E-state index contributed by atoms with van der Waals surface area (Å²) in [6.45, 7) is 5.05. The number of amides is 1. The predicted molar refractivity (Wildman–Crippen MR) is 88.5 cm³/mol. The molecule has 8 heteroatoms. The van der Waals surface area contributed by atoms with Gasteiger partial charge in [0.2, 0.25) is 0 Å².